The fraction of sp³-hybridized carbons (Fsp3) is 0.333. The van der Waals surface area contributed by atoms with E-state index in [-0.39, 0.29) is 0 Å². The van der Waals surface area contributed by atoms with Crippen molar-refractivity contribution >= 4 is 0 Å². The fourth-order valence-electron chi connectivity index (χ4n) is 1.19. The summed E-state index contributed by atoms with van der Waals surface area (Å²) in [6.07, 6.45) is -8.05. The van der Waals surface area contributed by atoms with Gasteiger partial charge in [-0.25, -0.2) is 8.78 Å². The number of hydrogen-bond donors (Lipinski definition) is 2. The first-order chi connectivity index (χ1) is 7.25. The smallest absolute Gasteiger partial charge is 0.382 e. The maximum atomic E-state index is 13.1. The summed E-state index contributed by atoms with van der Waals surface area (Å²) in [4.78, 5) is 0. The first-order valence-electron chi connectivity index (χ1n) is 4.19. The summed E-state index contributed by atoms with van der Waals surface area (Å²) in [7, 11) is 0. The van der Waals surface area contributed by atoms with Crippen LogP contribution in [0.2, 0.25) is 0 Å². The minimum atomic E-state index is -5.03. The molecule has 0 spiro atoms. The summed E-state index contributed by atoms with van der Waals surface area (Å²) in [6.45, 7) is 0. The highest BCUT2D eigenvalue weighted by atomic mass is 19.4. The molecule has 0 bridgehead atoms. The molecule has 2 atom stereocenters. The van der Waals surface area contributed by atoms with E-state index in [1.54, 1.807) is 0 Å². The molecule has 1 rings (SSSR count). The van der Waals surface area contributed by atoms with Crippen LogP contribution in [0, 0.1) is 11.6 Å². The number of halogens is 5. The summed E-state index contributed by atoms with van der Waals surface area (Å²) in [5.74, 6) is -2.45. The molecular weight excluding hydrogens is 233 g/mol. The van der Waals surface area contributed by atoms with Gasteiger partial charge in [-0.2, -0.15) is 13.2 Å². The van der Waals surface area contributed by atoms with Gasteiger partial charge in [0.15, 0.2) is 6.10 Å². The Balaban J connectivity index is 3.10. The number of hydrogen-bond acceptors (Lipinski definition) is 2. The van der Waals surface area contributed by atoms with Crippen molar-refractivity contribution in [3.8, 4) is 0 Å². The molecule has 0 radical (unpaired) electrons. The second kappa shape index (κ2) is 4.34. The maximum absolute atomic E-state index is 13.1. The van der Waals surface area contributed by atoms with E-state index < -0.39 is 35.5 Å². The van der Waals surface area contributed by atoms with E-state index in [9.17, 15) is 22.0 Å². The normalized spacial score (nSPS) is 15.9. The summed E-state index contributed by atoms with van der Waals surface area (Å²) in [5, 5.41) is 8.77. The second-order valence-corrected chi connectivity index (χ2v) is 3.15. The largest absolute Gasteiger partial charge is 0.416 e. The van der Waals surface area contributed by atoms with E-state index in [1.807, 2.05) is 0 Å². The van der Waals surface area contributed by atoms with Gasteiger partial charge in [-0.3, -0.25) is 0 Å². The van der Waals surface area contributed by atoms with Crippen molar-refractivity contribution in [2.24, 2.45) is 5.73 Å². The van der Waals surface area contributed by atoms with E-state index in [0.717, 1.165) is 18.2 Å². The van der Waals surface area contributed by atoms with Crippen LogP contribution in [0.1, 0.15) is 11.6 Å². The number of benzene rings is 1. The molecule has 3 N–H and O–H groups in total. The number of rotatable bonds is 2. The van der Waals surface area contributed by atoms with Crippen molar-refractivity contribution in [3.63, 3.8) is 0 Å². The average molecular weight is 241 g/mol. The predicted octanol–water partition coefficient (Wildman–Crippen LogP) is 1.89. The molecule has 0 unspecified atom stereocenters. The zero-order valence-corrected chi connectivity index (χ0v) is 7.80. The molecule has 0 aliphatic rings. The van der Waals surface area contributed by atoms with E-state index in [4.69, 9.17) is 10.8 Å². The zero-order chi connectivity index (χ0) is 12.5. The van der Waals surface area contributed by atoms with Crippen molar-refractivity contribution in [1.82, 2.24) is 0 Å². The van der Waals surface area contributed by atoms with Crippen LogP contribution in [-0.4, -0.2) is 17.4 Å². The highest BCUT2D eigenvalue weighted by Crippen LogP contribution is 2.30. The molecule has 16 heavy (non-hydrogen) atoms. The SMILES string of the molecule is N[C@H](c1c(F)cccc1F)[C@@H](O)C(F)(F)F. The van der Waals surface area contributed by atoms with Gasteiger partial charge in [0.25, 0.3) is 0 Å². The standard InChI is InChI=1S/C9H8F5NO/c10-4-2-1-3-5(11)6(4)7(15)8(16)9(12,13)14/h1-3,7-8,16H,15H2/t7-,8-/m1/s1. The summed E-state index contributed by atoms with van der Waals surface area (Å²) >= 11 is 0. The van der Waals surface area contributed by atoms with Gasteiger partial charge >= 0.3 is 6.18 Å². The first-order valence-corrected chi connectivity index (χ1v) is 4.19. The Hall–Kier alpha value is -1.21. The number of aliphatic hydroxyl groups excluding tert-OH is 1. The molecule has 0 amide bonds. The van der Waals surface area contributed by atoms with E-state index in [0.29, 0.717) is 0 Å². The molecule has 1 aromatic rings. The molecule has 1 aromatic carbocycles. The van der Waals surface area contributed by atoms with Gasteiger partial charge in [0.05, 0.1) is 6.04 Å². The highest BCUT2D eigenvalue weighted by molar-refractivity contribution is 5.24. The monoisotopic (exact) mass is 241 g/mol. The van der Waals surface area contributed by atoms with Crippen molar-refractivity contribution in [3.05, 3.63) is 35.4 Å². The second-order valence-electron chi connectivity index (χ2n) is 3.15. The van der Waals surface area contributed by atoms with Crippen LogP contribution in [-0.2, 0) is 0 Å². The molecular formula is C9H8F5NO. The predicted molar refractivity (Wildman–Crippen MR) is 45.3 cm³/mol. The van der Waals surface area contributed by atoms with Gasteiger partial charge in [0, 0.05) is 5.56 Å². The highest BCUT2D eigenvalue weighted by Gasteiger charge is 2.44. The molecule has 90 valence electrons. The Kier molecular flexibility index (Phi) is 3.49. The minimum Gasteiger partial charge on any atom is -0.382 e. The van der Waals surface area contributed by atoms with Crippen molar-refractivity contribution in [1.29, 1.82) is 0 Å². The van der Waals surface area contributed by atoms with Crippen molar-refractivity contribution in [2.75, 3.05) is 0 Å². The molecule has 0 saturated carbocycles. The molecule has 0 aliphatic carbocycles. The lowest BCUT2D eigenvalue weighted by atomic mass is 10.0. The lowest BCUT2D eigenvalue weighted by Gasteiger charge is -2.22. The number of aliphatic hydroxyl groups is 1. The molecule has 7 heteroatoms. The van der Waals surface area contributed by atoms with Crippen LogP contribution in [0.25, 0.3) is 0 Å². The van der Waals surface area contributed by atoms with Gasteiger partial charge in [-0.05, 0) is 12.1 Å². The van der Waals surface area contributed by atoms with Crippen LogP contribution in [0.15, 0.2) is 18.2 Å². The Morgan fingerprint density at radius 3 is 1.94 bits per heavy atom. The molecule has 2 nitrogen and oxygen atoms in total. The lowest BCUT2D eigenvalue weighted by molar-refractivity contribution is -0.210. The summed E-state index contributed by atoms with van der Waals surface area (Å²) < 4.78 is 62.3. The van der Waals surface area contributed by atoms with Crippen LogP contribution < -0.4 is 5.73 Å². The Morgan fingerprint density at radius 2 is 1.56 bits per heavy atom. The van der Waals surface area contributed by atoms with E-state index in [1.165, 1.54) is 0 Å². The van der Waals surface area contributed by atoms with Gasteiger partial charge in [-0.1, -0.05) is 6.07 Å². The molecule has 0 fully saturated rings. The third-order valence-corrected chi connectivity index (χ3v) is 2.01. The number of alkyl halides is 3. The quantitative estimate of drug-likeness (QED) is 0.776. The van der Waals surface area contributed by atoms with Gasteiger partial charge in [0.2, 0.25) is 0 Å². The summed E-state index contributed by atoms with van der Waals surface area (Å²) in [5.41, 5.74) is 4.00. The Bertz CT molecular complexity index is 358. The average Bonchev–Trinajstić information content (AvgIpc) is 2.14. The van der Waals surface area contributed by atoms with Crippen LogP contribution in [0.3, 0.4) is 0 Å². The van der Waals surface area contributed by atoms with Crippen LogP contribution in [0.4, 0.5) is 22.0 Å². The molecule has 0 saturated heterocycles. The van der Waals surface area contributed by atoms with E-state index >= 15 is 0 Å². The molecule has 0 heterocycles. The molecule has 0 aromatic heterocycles. The summed E-state index contributed by atoms with van der Waals surface area (Å²) in [6, 6.07) is 0.324. The Labute approximate surface area is 87.5 Å². The third-order valence-electron chi connectivity index (χ3n) is 2.01. The first kappa shape index (κ1) is 12.9. The van der Waals surface area contributed by atoms with Crippen molar-refractivity contribution in [2.45, 2.75) is 18.3 Å². The van der Waals surface area contributed by atoms with Gasteiger partial charge < -0.3 is 10.8 Å². The van der Waals surface area contributed by atoms with Crippen LogP contribution in [0.5, 0.6) is 0 Å². The van der Waals surface area contributed by atoms with E-state index in [2.05, 4.69) is 0 Å². The van der Waals surface area contributed by atoms with Gasteiger partial charge in [0.1, 0.15) is 11.6 Å². The zero-order valence-electron chi connectivity index (χ0n) is 7.80. The Morgan fingerprint density at radius 1 is 1.12 bits per heavy atom. The fourth-order valence-corrected chi connectivity index (χ4v) is 1.19. The van der Waals surface area contributed by atoms with Crippen LogP contribution >= 0.6 is 0 Å². The van der Waals surface area contributed by atoms with Crippen molar-refractivity contribution < 1.29 is 27.1 Å². The third kappa shape index (κ3) is 2.48. The maximum Gasteiger partial charge on any atom is 0.416 e. The number of nitrogens with two attached hydrogens (primary N) is 1. The lowest BCUT2D eigenvalue weighted by Crippen LogP contribution is -2.39. The van der Waals surface area contributed by atoms with Gasteiger partial charge in [-0.15, -0.1) is 0 Å². The molecule has 0 aliphatic heterocycles. The minimum absolute atomic E-state index is 0.765. The topological polar surface area (TPSA) is 46.2 Å².